The number of nitrogens with two attached hydrogens (primary N) is 1. The number of ether oxygens (including phenoxy) is 4. The van der Waals surface area contributed by atoms with Gasteiger partial charge in [-0.25, -0.2) is 4.79 Å². The van der Waals surface area contributed by atoms with Gasteiger partial charge in [0.05, 0.1) is 52.9 Å². The van der Waals surface area contributed by atoms with Crippen LogP contribution < -0.4 is 21.7 Å². The van der Waals surface area contributed by atoms with Crippen molar-refractivity contribution in [2.24, 2.45) is 5.73 Å². The van der Waals surface area contributed by atoms with Crippen molar-refractivity contribution >= 4 is 35.6 Å². The Labute approximate surface area is 351 Å². The average molecular weight is 847 g/mol. The Bertz CT molecular complexity index is 1100. The minimum absolute atomic E-state index is 0.0483. The second-order valence-electron chi connectivity index (χ2n) is 14.9. The summed E-state index contributed by atoms with van der Waals surface area (Å²) in [5, 5.41) is 34.7. The van der Waals surface area contributed by atoms with E-state index in [1.54, 1.807) is 0 Å². The topological polar surface area (TPSA) is 262 Å². The Balaban J connectivity index is 3.48. The highest BCUT2D eigenvalue weighted by Crippen LogP contribution is 2.14. The van der Waals surface area contributed by atoms with Crippen LogP contribution in [-0.4, -0.2) is 129 Å². The molecule has 0 saturated heterocycles. The van der Waals surface area contributed by atoms with E-state index in [1.807, 2.05) is 0 Å². The molecule has 8 N–H and O–H groups in total. The number of unbranched alkanes of at least 4 members (excludes halogenated alkanes) is 16. The summed E-state index contributed by atoms with van der Waals surface area (Å²) < 4.78 is 21.8. The van der Waals surface area contributed by atoms with Gasteiger partial charge in [-0.1, -0.05) is 89.9 Å². The maximum atomic E-state index is 12.2. The maximum absolute atomic E-state index is 12.2. The van der Waals surface area contributed by atoms with Gasteiger partial charge in [-0.15, -0.1) is 0 Å². The zero-order chi connectivity index (χ0) is 43.6. The van der Waals surface area contributed by atoms with E-state index >= 15 is 0 Å². The molecule has 3 amide bonds. The van der Waals surface area contributed by atoms with E-state index in [4.69, 9.17) is 34.9 Å². The number of amides is 3. The Morgan fingerprint density at radius 2 is 0.831 bits per heavy atom. The first kappa shape index (κ1) is 55.6. The lowest BCUT2D eigenvalue weighted by atomic mass is 10.0. The fourth-order valence-corrected chi connectivity index (χ4v) is 6.04. The number of nitrogens with one attached hydrogen (secondary N) is 3. The Kier molecular flexibility index (Phi) is 39.0. The van der Waals surface area contributed by atoms with Crippen molar-refractivity contribution in [2.45, 2.75) is 166 Å². The Morgan fingerprint density at radius 3 is 1.31 bits per heavy atom. The monoisotopic (exact) mass is 847 g/mol. The third-order valence-electron chi connectivity index (χ3n) is 9.58. The first-order valence-electron chi connectivity index (χ1n) is 22.1. The molecule has 17 heteroatoms. The number of aliphatic carboxylic acids is 3. The second kappa shape index (κ2) is 41.4. The van der Waals surface area contributed by atoms with Gasteiger partial charge in [0, 0.05) is 38.8 Å². The summed E-state index contributed by atoms with van der Waals surface area (Å²) >= 11 is 0. The smallest absolute Gasteiger partial charge is 0.326 e. The summed E-state index contributed by atoms with van der Waals surface area (Å²) in [4.78, 5) is 68.9. The summed E-state index contributed by atoms with van der Waals surface area (Å²) in [6.07, 6.45) is 20.9. The molecule has 2 atom stereocenters. The van der Waals surface area contributed by atoms with E-state index < -0.39 is 35.9 Å². The molecule has 0 rings (SSSR count). The predicted octanol–water partition coefficient (Wildman–Crippen LogP) is 4.71. The molecule has 0 bridgehead atoms. The minimum atomic E-state index is -1.25. The van der Waals surface area contributed by atoms with Crippen molar-refractivity contribution in [3.63, 3.8) is 0 Å². The quantitative estimate of drug-likeness (QED) is 0.0410. The van der Waals surface area contributed by atoms with Crippen LogP contribution in [0, 0.1) is 0 Å². The van der Waals surface area contributed by atoms with Crippen LogP contribution in [0.3, 0.4) is 0 Å². The van der Waals surface area contributed by atoms with Crippen LogP contribution in [0.25, 0.3) is 0 Å². The van der Waals surface area contributed by atoms with Crippen LogP contribution in [-0.2, 0) is 47.7 Å². The van der Waals surface area contributed by atoms with Crippen molar-refractivity contribution in [1.82, 2.24) is 16.0 Å². The zero-order valence-corrected chi connectivity index (χ0v) is 35.7. The molecule has 59 heavy (non-hydrogen) atoms. The van der Waals surface area contributed by atoms with Crippen molar-refractivity contribution in [2.75, 3.05) is 65.9 Å². The molecule has 0 radical (unpaired) electrons. The van der Waals surface area contributed by atoms with Crippen LogP contribution in [0.1, 0.15) is 154 Å². The van der Waals surface area contributed by atoms with Crippen LogP contribution in [0.15, 0.2) is 0 Å². The molecule has 0 heterocycles. The maximum Gasteiger partial charge on any atom is 0.326 e. The van der Waals surface area contributed by atoms with Crippen LogP contribution in [0.4, 0.5) is 0 Å². The lowest BCUT2D eigenvalue weighted by molar-refractivity contribution is -0.142. The second-order valence-corrected chi connectivity index (χ2v) is 14.9. The molecule has 0 unspecified atom stereocenters. The predicted molar refractivity (Wildman–Crippen MR) is 223 cm³/mol. The molecule has 0 aliphatic heterocycles. The van der Waals surface area contributed by atoms with Gasteiger partial charge in [-0.2, -0.15) is 0 Å². The van der Waals surface area contributed by atoms with Gasteiger partial charge in [-0.05, 0) is 38.5 Å². The number of rotatable bonds is 45. The van der Waals surface area contributed by atoms with E-state index in [0.717, 1.165) is 32.1 Å². The van der Waals surface area contributed by atoms with Gasteiger partial charge < -0.3 is 56.0 Å². The molecule has 0 fully saturated rings. The van der Waals surface area contributed by atoms with Crippen molar-refractivity contribution in [3.8, 4) is 0 Å². The molecule has 0 aromatic heterocycles. The molecule has 17 nitrogen and oxygen atoms in total. The molecule has 0 aromatic carbocycles. The highest BCUT2D eigenvalue weighted by atomic mass is 16.6. The highest BCUT2D eigenvalue weighted by molar-refractivity contribution is 5.84. The van der Waals surface area contributed by atoms with Crippen molar-refractivity contribution in [3.05, 3.63) is 0 Å². The van der Waals surface area contributed by atoms with E-state index in [0.29, 0.717) is 84.8 Å². The Hall–Kier alpha value is -3.38. The molecule has 0 aliphatic carbocycles. The lowest BCUT2D eigenvalue weighted by Crippen LogP contribution is -2.42. The van der Waals surface area contributed by atoms with Gasteiger partial charge in [0.25, 0.3) is 0 Å². The summed E-state index contributed by atoms with van der Waals surface area (Å²) in [6, 6.07) is -2.16. The minimum Gasteiger partial charge on any atom is -0.481 e. The van der Waals surface area contributed by atoms with E-state index in [9.17, 15) is 33.9 Å². The molecule has 344 valence electrons. The third kappa shape index (κ3) is 41.2. The normalized spacial score (nSPS) is 12.2. The number of hydrogen-bond acceptors (Lipinski definition) is 11. The van der Waals surface area contributed by atoms with E-state index in [-0.39, 0.29) is 44.3 Å². The van der Waals surface area contributed by atoms with Crippen LogP contribution in [0.2, 0.25) is 0 Å². The largest absolute Gasteiger partial charge is 0.481 e. The highest BCUT2D eigenvalue weighted by Gasteiger charge is 2.21. The molecular formula is C42H78N4O13. The van der Waals surface area contributed by atoms with Gasteiger partial charge in [0.1, 0.15) is 12.1 Å². The first-order valence-corrected chi connectivity index (χ1v) is 22.1. The summed E-state index contributed by atoms with van der Waals surface area (Å²) in [6.45, 7) is 3.36. The first-order chi connectivity index (χ1) is 28.5. The summed E-state index contributed by atoms with van der Waals surface area (Å²) in [5.74, 6) is -3.83. The van der Waals surface area contributed by atoms with Crippen molar-refractivity contribution in [1.29, 1.82) is 0 Å². The SMILES string of the molecule is N[C@@H](CCCCNC(=O)CC[C@H](NC(=O)CCOCCOCCOCCOCCNC(=O)CCCCCCCCCCCCCCCCCCC(=O)O)C(=O)O)C(=O)O. The van der Waals surface area contributed by atoms with Gasteiger partial charge in [-0.3, -0.25) is 24.0 Å². The van der Waals surface area contributed by atoms with Gasteiger partial charge in [0.2, 0.25) is 17.7 Å². The van der Waals surface area contributed by atoms with Crippen LogP contribution in [0.5, 0.6) is 0 Å². The molecule has 0 saturated carbocycles. The number of hydrogen-bond donors (Lipinski definition) is 7. The fraction of sp³-hybridized carbons (Fsp3) is 0.857. The van der Waals surface area contributed by atoms with Crippen LogP contribution >= 0.6 is 0 Å². The van der Waals surface area contributed by atoms with Gasteiger partial charge in [0.15, 0.2) is 0 Å². The van der Waals surface area contributed by atoms with Gasteiger partial charge >= 0.3 is 17.9 Å². The van der Waals surface area contributed by atoms with E-state index in [2.05, 4.69) is 16.0 Å². The van der Waals surface area contributed by atoms with Crippen molar-refractivity contribution < 1.29 is 63.0 Å². The molecule has 0 aliphatic rings. The molecule has 0 spiro atoms. The third-order valence-corrected chi connectivity index (χ3v) is 9.58. The number of carbonyl (C=O) groups is 6. The van der Waals surface area contributed by atoms with E-state index in [1.165, 1.54) is 70.6 Å². The fourth-order valence-electron chi connectivity index (χ4n) is 6.04. The summed E-state index contributed by atoms with van der Waals surface area (Å²) in [5.41, 5.74) is 5.43. The molecular weight excluding hydrogens is 768 g/mol. The number of carboxylic acids is 3. The molecule has 0 aromatic rings. The number of carbonyl (C=O) groups excluding carboxylic acids is 3. The summed E-state index contributed by atoms with van der Waals surface area (Å²) in [7, 11) is 0. The Morgan fingerprint density at radius 1 is 0.407 bits per heavy atom. The number of carboxylic acid groups (broad SMARTS) is 3. The zero-order valence-electron chi connectivity index (χ0n) is 35.7. The standard InChI is InChI=1S/C42H78N4O13/c43-35(41(52)53)19-17-18-25-44-38(48)23-22-36(42(54)55)46-39(49)24-27-56-29-31-58-33-34-59-32-30-57-28-26-45-37(47)20-15-13-11-9-7-5-3-1-2-4-6-8-10-12-14-16-21-40(50)51/h35-36H,1-34,43H2,(H,44,48)(H,45,47)(H,46,49)(H,50,51)(H,52,53)(H,54,55)/t35-,36-/m0/s1. The average Bonchev–Trinajstić information content (AvgIpc) is 3.19. The lowest BCUT2D eigenvalue weighted by Gasteiger charge is -2.14.